The first-order valence-electron chi connectivity index (χ1n) is 6.13. The van der Waals surface area contributed by atoms with Gasteiger partial charge in [-0.3, -0.25) is 14.9 Å². The van der Waals surface area contributed by atoms with E-state index in [-0.39, 0.29) is 19.5 Å². The fourth-order valence-corrected chi connectivity index (χ4v) is 2.37. The summed E-state index contributed by atoms with van der Waals surface area (Å²) in [6.45, 7) is 1.00. The summed E-state index contributed by atoms with van der Waals surface area (Å²) in [4.78, 5) is 48.2. The molecule has 0 aliphatic carbocycles. The molecule has 0 saturated carbocycles. The Morgan fingerprint density at radius 2 is 1.95 bits per heavy atom. The molecule has 4 amide bonds. The van der Waals surface area contributed by atoms with E-state index in [1.807, 2.05) is 0 Å². The molecule has 0 radical (unpaired) electrons. The Morgan fingerprint density at radius 3 is 2.55 bits per heavy atom. The molecule has 9 nitrogen and oxygen atoms in total. The van der Waals surface area contributed by atoms with Crippen molar-refractivity contribution in [1.82, 2.24) is 15.1 Å². The largest absolute Gasteiger partial charge is 0.480 e. The van der Waals surface area contributed by atoms with Gasteiger partial charge in [-0.15, -0.1) is 0 Å². The first-order chi connectivity index (χ1) is 9.31. The third-order valence-corrected chi connectivity index (χ3v) is 3.48. The molecule has 2 aliphatic heterocycles. The quantitative estimate of drug-likeness (QED) is 0.477. The fourth-order valence-electron chi connectivity index (χ4n) is 2.37. The van der Waals surface area contributed by atoms with Crippen LogP contribution in [0.25, 0.3) is 0 Å². The standard InChI is InChI=1S/C11H15N3O6/c1-5-9(17)12-8(16)4-13(5)11(20)14-3-6(15)2-7(14)10(18)19/h5-7,15H,2-4H2,1H3,(H,18,19)(H,12,16,17)/t5?,6-,7+/m1/s1. The van der Waals surface area contributed by atoms with Crippen LogP contribution in [0, 0.1) is 0 Å². The van der Waals surface area contributed by atoms with Crippen molar-refractivity contribution in [2.75, 3.05) is 13.1 Å². The van der Waals surface area contributed by atoms with Gasteiger partial charge in [0, 0.05) is 13.0 Å². The van der Waals surface area contributed by atoms with Gasteiger partial charge in [-0.2, -0.15) is 0 Å². The van der Waals surface area contributed by atoms with E-state index >= 15 is 0 Å². The maximum Gasteiger partial charge on any atom is 0.326 e. The van der Waals surface area contributed by atoms with Crippen LogP contribution in [0.3, 0.4) is 0 Å². The molecule has 2 heterocycles. The van der Waals surface area contributed by atoms with E-state index in [0.29, 0.717) is 0 Å². The number of carbonyl (C=O) groups excluding carboxylic acids is 3. The van der Waals surface area contributed by atoms with Crippen molar-refractivity contribution in [2.24, 2.45) is 0 Å². The Kier molecular flexibility index (Phi) is 3.62. The fraction of sp³-hybridized carbons (Fsp3) is 0.636. The van der Waals surface area contributed by atoms with Gasteiger partial charge in [0.1, 0.15) is 18.6 Å². The average Bonchev–Trinajstić information content (AvgIpc) is 2.75. The second-order valence-electron chi connectivity index (χ2n) is 4.89. The number of urea groups is 1. The predicted molar refractivity (Wildman–Crippen MR) is 63.5 cm³/mol. The van der Waals surface area contributed by atoms with Gasteiger partial charge in [0.2, 0.25) is 11.8 Å². The van der Waals surface area contributed by atoms with Crippen molar-refractivity contribution in [1.29, 1.82) is 0 Å². The number of likely N-dealkylation sites (tertiary alicyclic amines) is 1. The lowest BCUT2D eigenvalue weighted by Crippen LogP contribution is -2.62. The average molecular weight is 285 g/mol. The van der Waals surface area contributed by atoms with Crippen LogP contribution in [0.5, 0.6) is 0 Å². The van der Waals surface area contributed by atoms with Crippen LogP contribution in [0.4, 0.5) is 4.79 Å². The number of amides is 4. The Balaban J connectivity index is 2.19. The molecule has 2 aliphatic rings. The third-order valence-electron chi connectivity index (χ3n) is 3.48. The molecule has 2 saturated heterocycles. The summed E-state index contributed by atoms with van der Waals surface area (Å²) in [5, 5.41) is 20.7. The first kappa shape index (κ1) is 14.3. The van der Waals surface area contributed by atoms with E-state index in [1.54, 1.807) is 0 Å². The SMILES string of the molecule is CC1C(=O)NC(=O)CN1C(=O)N1C[C@H](O)C[C@H]1C(=O)O. The van der Waals surface area contributed by atoms with Crippen LogP contribution in [0.15, 0.2) is 0 Å². The molecule has 9 heteroatoms. The van der Waals surface area contributed by atoms with Crippen molar-refractivity contribution in [2.45, 2.75) is 31.5 Å². The molecule has 0 bridgehead atoms. The van der Waals surface area contributed by atoms with Crippen molar-refractivity contribution < 1.29 is 29.4 Å². The van der Waals surface area contributed by atoms with Gasteiger partial charge < -0.3 is 20.0 Å². The van der Waals surface area contributed by atoms with Crippen molar-refractivity contribution in [3.8, 4) is 0 Å². The smallest absolute Gasteiger partial charge is 0.326 e. The van der Waals surface area contributed by atoms with E-state index in [9.17, 15) is 24.3 Å². The lowest BCUT2D eigenvalue weighted by atomic mass is 10.2. The zero-order valence-electron chi connectivity index (χ0n) is 10.8. The van der Waals surface area contributed by atoms with Crippen molar-refractivity contribution in [3.63, 3.8) is 0 Å². The van der Waals surface area contributed by atoms with E-state index in [2.05, 4.69) is 5.32 Å². The van der Waals surface area contributed by atoms with Crippen LogP contribution < -0.4 is 5.32 Å². The van der Waals surface area contributed by atoms with Crippen LogP contribution >= 0.6 is 0 Å². The Labute approximate surface area is 114 Å². The number of β-amino-alcohol motifs (C(OH)–C–C–N with tert-alkyl or cyclic N) is 1. The normalized spacial score (nSPS) is 30.4. The molecule has 3 atom stereocenters. The van der Waals surface area contributed by atoms with E-state index in [1.165, 1.54) is 6.92 Å². The van der Waals surface area contributed by atoms with Crippen LogP contribution in [-0.2, 0) is 14.4 Å². The Bertz CT molecular complexity index is 479. The number of aliphatic carboxylic acids is 1. The number of piperazine rings is 1. The third kappa shape index (κ3) is 2.44. The Morgan fingerprint density at radius 1 is 1.30 bits per heavy atom. The molecule has 0 aromatic rings. The molecule has 2 rings (SSSR count). The van der Waals surface area contributed by atoms with E-state index < -0.39 is 42.0 Å². The van der Waals surface area contributed by atoms with Gasteiger partial charge >= 0.3 is 12.0 Å². The molecular weight excluding hydrogens is 270 g/mol. The van der Waals surface area contributed by atoms with E-state index in [4.69, 9.17) is 5.11 Å². The number of carboxylic acids is 1. The number of carbonyl (C=O) groups is 4. The number of rotatable bonds is 1. The summed E-state index contributed by atoms with van der Waals surface area (Å²) >= 11 is 0. The predicted octanol–water partition coefficient (Wildman–Crippen LogP) is -2.03. The summed E-state index contributed by atoms with van der Waals surface area (Å²) in [5.74, 6) is -2.45. The van der Waals surface area contributed by atoms with Gasteiger partial charge in [0.25, 0.3) is 0 Å². The summed E-state index contributed by atoms with van der Waals surface area (Å²) in [7, 11) is 0. The summed E-state index contributed by atoms with van der Waals surface area (Å²) in [6, 6.07) is -2.75. The van der Waals surface area contributed by atoms with E-state index in [0.717, 1.165) is 9.80 Å². The molecular formula is C11H15N3O6. The molecule has 0 aromatic carbocycles. The van der Waals surface area contributed by atoms with Crippen LogP contribution in [-0.4, -0.2) is 75.1 Å². The topological polar surface area (TPSA) is 127 Å². The second kappa shape index (κ2) is 5.08. The van der Waals surface area contributed by atoms with Gasteiger partial charge in [-0.25, -0.2) is 9.59 Å². The monoisotopic (exact) mass is 285 g/mol. The van der Waals surface area contributed by atoms with Gasteiger partial charge in [0.05, 0.1) is 6.10 Å². The highest BCUT2D eigenvalue weighted by molar-refractivity contribution is 6.04. The van der Waals surface area contributed by atoms with Gasteiger partial charge in [-0.05, 0) is 6.92 Å². The zero-order valence-corrected chi connectivity index (χ0v) is 10.8. The minimum Gasteiger partial charge on any atom is -0.480 e. The summed E-state index contributed by atoms with van der Waals surface area (Å²) in [6.07, 6.45) is -0.992. The molecule has 110 valence electrons. The van der Waals surface area contributed by atoms with Crippen LogP contribution in [0.1, 0.15) is 13.3 Å². The highest BCUT2D eigenvalue weighted by Crippen LogP contribution is 2.21. The molecule has 20 heavy (non-hydrogen) atoms. The number of nitrogens with zero attached hydrogens (tertiary/aromatic N) is 2. The van der Waals surface area contributed by atoms with Gasteiger partial charge in [0.15, 0.2) is 0 Å². The summed E-state index contributed by atoms with van der Waals surface area (Å²) in [5.41, 5.74) is 0. The van der Waals surface area contributed by atoms with Crippen LogP contribution in [0.2, 0.25) is 0 Å². The van der Waals surface area contributed by atoms with Gasteiger partial charge in [-0.1, -0.05) is 0 Å². The number of aliphatic hydroxyl groups is 1. The number of aliphatic hydroxyl groups excluding tert-OH is 1. The lowest BCUT2D eigenvalue weighted by molar-refractivity contribution is -0.141. The Hall–Kier alpha value is -2.16. The molecule has 3 N–H and O–H groups in total. The maximum atomic E-state index is 12.3. The van der Waals surface area contributed by atoms with Crippen molar-refractivity contribution in [3.05, 3.63) is 0 Å². The number of hydrogen-bond donors (Lipinski definition) is 3. The second-order valence-corrected chi connectivity index (χ2v) is 4.89. The number of carboxylic acid groups (broad SMARTS) is 1. The first-order valence-corrected chi connectivity index (χ1v) is 6.13. The molecule has 2 fully saturated rings. The number of imide groups is 1. The number of nitrogens with one attached hydrogen (secondary N) is 1. The molecule has 0 aromatic heterocycles. The maximum absolute atomic E-state index is 12.3. The summed E-state index contributed by atoms with van der Waals surface area (Å²) < 4.78 is 0. The zero-order chi connectivity index (χ0) is 15.0. The van der Waals surface area contributed by atoms with Crippen molar-refractivity contribution >= 4 is 23.8 Å². The highest BCUT2D eigenvalue weighted by Gasteiger charge is 2.44. The molecule has 1 unspecified atom stereocenters. The minimum absolute atomic E-state index is 0.0660. The minimum atomic E-state index is -1.23. The number of hydrogen-bond acceptors (Lipinski definition) is 5. The lowest BCUT2D eigenvalue weighted by Gasteiger charge is -2.35. The highest BCUT2D eigenvalue weighted by atomic mass is 16.4. The molecule has 0 spiro atoms.